The lowest BCUT2D eigenvalue weighted by Crippen LogP contribution is -2.12. The third-order valence-electron chi connectivity index (χ3n) is 2.45. The fourth-order valence-corrected chi connectivity index (χ4v) is 1.78. The summed E-state index contributed by atoms with van der Waals surface area (Å²) in [7, 11) is 0. The zero-order valence-electron chi connectivity index (χ0n) is 7.74. The average molecular weight is 200 g/mol. The van der Waals surface area contributed by atoms with Crippen molar-refractivity contribution in [3.63, 3.8) is 0 Å². The Kier molecular flexibility index (Phi) is 1.39. The van der Waals surface area contributed by atoms with Crippen molar-refractivity contribution in [1.29, 1.82) is 0 Å². The summed E-state index contributed by atoms with van der Waals surface area (Å²) in [6.45, 7) is 0. The van der Waals surface area contributed by atoms with E-state index in [2.05, 4.69) is 15.0 Å². The van der Waals surface area contributed by atoms with E-state index in [0.29, 0.717) is 5.82 Å². The Balaban J connectivity index is 2.67. The molecule has 3 aromatic rings. The minimum Gasteiger partial charge on any atom is -0.385 e. The number of nitrogens with one attached hydrogen (secondary N) is 2. The lowest BCUT2D eigenvalue weighted by molar-refractivity contribution is 1.13. The first-order valence-electron chi connectivity index (χ1n) is 4.51. The Morgan fingerprint density at radius 3 is 2.87 bits per heavy atom. The van der Waals surface area contributed by atoms with Gasteiger partial charge in [-0.05, 0) is 18.2 Å². The topological polar surface area (TPSA) is 87.6 Å². The van der Waals surface area contributed by atoms with Crippen LogP contribution in [-0.2, 0) is 0 Å². The Labute approximate surface area is 83.9 Å². The van der Waals surface area contributed by atoms with E-state index in [1.54, 1.807) is 6.20 Å². The molecule has 1 aromatic carbocycles. The third kappa shape index (κ3) is 1.03. The maximum atomic E-state index is 11.3. The van der Waals surface area contributed by atoms with Gasteiger partial charge in [0.25, 0.3) is 0 Å². The van der Waals surface area contributed by atoms with Gasteiger partial charge < -0.3 is 10.7 Å². The van der Waals surface area contributed by atoms with Crippen LogP contribution in [0.3, 0.4) is 0 Å². The van der Waals surface area contributed by atoms with E-state index in [0.717, 1.165) is 21.8 Å². The fraction of sp³-hybridized carbons (Fsp3) is 0. The van der Waals surface area contributed by atoms with Gasteiger partial charge in [0.1, 0.15) is 5.82 Å². The summed E-state index contributed by atoms with van der Waals surface area (Å²) < 4.78 is 0. The summed E-state index contributed by atoms with van der Waals surface area (Å²) >= 11 is 0. The molecule has 0 atom stereocenters. The van der Waals surface area contributed by atoms with Crippen LogP contribution in [0, 0.1) is 0 Å². The molecule has 0 aliphatic carbocycles. The number of nitrogens with zero attached hydrogens (tertiary/aromatic N) is 1. The number of anilines is 1. The molecule has 15 heavy (non-hydrogen) atoms. The van der Waals surface area contributed by atoms with Gasteiger partial charge in [0.2, 0.25) is 0 Å². The summed E-state index contributed by atoms with van der Waals surface area (Å²) in [4.78, 5) is 20.7. The molecule has 0 fully saturated rings. The Morgan fingerprint density at radius 2 is 2.00 bits per heavy atom. The third-order valence-corrected chi connectivity index (χ3v) is 2.45. The van der Waals surface area contributed by atoms with E-state index >= 15 is 0 Å². The highest BCUT2D eigenvalue weighted by molar-refractivity contribution is 6.06. The van der Waals surface area contributed by atoms with Crippen molar-refractivity contribution in [1.82, 2.24) is 15.0 Å². The molecule has 0 aliphatic rings. The van der Waals surface area contributed by atoms with E-state index in [4.69, 9.17) is 5.73 Å². The summed E-state index contributed by atoms with van der Waals surface area (Å²) in [6, 6.07) is 5.57. The zero-order chi connectivity index (χ0) is 10.4. The molecule has 0 amide bonds. The summed E-state index contributed by atoms with van der Waals surface area (Å²) in [5, 5.41) is 1.71. The van der Waals surface area contributed by atoms with Gasteiger partial charge in [0, 0.05) is 17.0 Å². The molecule has 74 valence electrons. The van der Waals surface area contributed by atoms with Gasteiger partial charge in [-0.15, -0.1) is 0 Å². The van der Waals surface area contributed by atoms with Crippen molar-refractivity contribution < 1.29 is 0 Å². The van der Waals surface area contributed by atoms with E-state index in [1.165, 1.54) is 0 Å². The molecule has 0 saturated carbocycles. The Bertz CT molecular complexity index is 710. The van der Waals surface area contributed by atoms with Crippen LogP contribution in [0.4, 0.5) is 5.82 Å². The number of nitrogen functional groups attached to an aromatic ring is 1. The van der Waals surface area contributed by atoms with E-state index in [9.17, 15) is 4.79 Å². The molecular weight excluding hydrogens is 192 g/mol. The largest absolute Gasteiger partial charge is 0.385 e. The second-order valence-electron chi connectivity index (χ2n) is 3.36. The number of nitrogens with two attached hydrogens (primary N) is 1. The summed E-state index contributed by atoms with van der Waals surface area (Å²) in [5.41, 5.74) is 6.99. The summed E-state index contributed by atoms with van der Waals surface area (Å²) in [6.07, 6.45) is 1.70. The number of aromatic nitrogens is 3. The highest BCUT2D eigenvalue weighted by Crippen LogP contribution is 2.23. The van der Waals surface area contributed by atoms with E-state index < -0.39 is 0 Å². The maximum absolute atomic E-state index is 11.3. The van der Waals surface area contributed by atoms with Gasteiger partial charge >= 0.3 is 5.69 Å². The maximum Gasteiger partial charge on any atom is 0.324 e. The molecule has 5 nitrogen and oxygen atoms in total. The molecule has 2 heterocycles. The van der Waals surface area contributed by atoms with Crippen LogP contribution in [0.25, 0.3) is 21.8 Å². The Hall–Kier alpha value is -2.30. The normalized spacial score (nSPS) is 11.2. The SMILES string of the molecule is Nc1[nH]c(=O)[nH]c2c1ccc1nccc12. The van der Waals surface area contributed by atoms with Crippen LogP contribution >= 0.6 is 0 Å². The highest BCUT2D eigenvalue weighted by atomic mass is 16.1. The van der Waals surface area contributed by atoms with Gasteiger partial charge in [-0.25, -0.2) is 4.79 Å². The highest BCUT2D eigenvalue weighted by Gasteiger charge is 2.05. The van der Waals surface area contributed by atoms with Crippen molar-refractivity contribution in [2.45, 2.75) is 0 Å². The first-order valence-corrected chi connectivity index (χ1v) is 4.51. The number of hydrogen-bond donors (Lipinski definition) is 3. The van der Waals surface area contributed by atoms with Crippen LogP contribution in [0.2, 0.25) is 0 Å². The Morgan fingerprint density at radius 1 is 1.13 bits per heavy atom. The number of aromatic amines is 2. The number of benzene rings is 1. The zero-order valence-corrected chi connectivity index (χ0v) is 7.74. The molecule has 0 spiro atoms. The molecule has 0 unspecified atom stereocenters. The minimum atomic E-state index is -0.311. The van der Waals surface area contributed by atoms with Crippen molar-refractivity contribution in [3.05, 3.63) is 34.9 Å². The smallest absolute Gasteiger partial charge is 0.324 e. The first kappa shape index (κ1) is 8.05. The molecule has 2 aromatic heterocycles. The number of fused-ring (bicyclic) bond motifs is 3. The first-order chi connectivity index (χ1) is 7.25. The predicted octanol–water partition coefficient (Wildman–Crippen LogP) is 0.987. The number of rotatable bonds is 0. The van der Waals surface area contributed by atoms with Crippen molar-refractivity contribution in [3.8, 4) is 0 Å². The van der Waals surface area contributed by atoms with Crippen molar-refractivity contribution in [2.75, 3.05) is 5.73 Å². The van der Waals surface area contributed by atoms with Gasteiger partial charge in [0.05, 0.1) is 11.0 Å². The molecular formula is C10H8N4O. The molecule has 0 bridgehead atoms. The number of hydrogen-bond acceptors (Lipinski definition) is 3. The van der Waals surface area contributed by atoms with Crippen LogP contribution in [0.1, 0.15) is 0 Å². The monoisotopic (exact) mass is 200 g/mol. The van der Waals surface area contributed by atoms with Crippen molar-refractivity contribution >= 4 is 27.6 Å². The van der Waals surface area contributed by atoms with Gasteiger partial charge in [-0.1, -0.05) is 0 Å². The lowest BCUT2D eigenvalue weighted by Gasteiger charge is -2.02. The van der Waals surface area contributed by atoms with Crippen LogP contribution in [0.5, 0.6) is 0 Å². The van der Waals surface area contributed by atoms with E-state index in [-0.39, 0.29) is 5.69 Å². The van der Waals surface area contributed by atoms with Gasteiger partial charge in [0.15, 0.2) is 0 Å². The molecule has 3 rings (SSSR count). The molecule has 4 N–H and O–H groups in total. The quantitative estimate of drug-likeness (QED) is 0.505. The van der Waals surface area contributed by atoms with Crippen molar-refractivity contribution in [2.24, 2.45) is 0 Å². The molecule has 5 heteroatoms. The molecule has 0 radical (unpaired) electrons. The molecule has 0 aliphatic heterocycles. The molecule has 0 saturated heterocycles. The fourth-order valence-electron chi connectivity index (χ4n) is 1.78. The second kappa shape index (κ2) is 2.60. The second-order valence-corrected chi connectivity index (χ2v) is 3.36. The van der Waals surface area contributed by atoms with Crippen LogP contribution in [0.15, 0.2) is 29.2 Å². The van der Waals surface area contributed by atoms with E-state index in [1.807, 2.05) is 18.2 Å². The van der Waals surface area contributed by atoms with Gasteiger partial charge in [-0.2, -0.15) is 0 Å². The standard InChI is InChI=1S/C10H8N4O/c11-9-6-1-2-7-5(3-4-12-7)8(6)13-10(15)14-9/h1-4H,11H2,(H2,13,14,15). The van der Waals surface area contributed by atoms with Gasteiger partial charge in [-0.3, -0.25) is 9.97 Å². The summed E-state index contributed by atoms with van der Waals surface area (Å²) in [5.74, 6) is 0.372. The number of H-pyrrole nitrogens is 2. The minimum absolute atomic E-state index is 0.311. The van der Waals surface area contributed by atoms with Crippen LogP contribution in [-0.4, -0.2) is 15.0 Å². The average Bonchev–Trinajstić information content (AvgIpc) is 2.65. The van der Waals surface area contributed by atoms with Crippen LogP contribution < -0.4 is 11.4 Å². The predicted molar refractivity (Wildman–Crippen MR) is 58.6 cm³/mol. The lowest BCUT2D eigenvalue weighted by atomic mass is 10.1.